The van der Waals surface area contributed by atoms with Gasteiger partial charge in [0.15, 0.2) is 0 Å². The number of alkyl halides is 3. The third-order valence-corrected chi connectivity index (χ3v) is 2.59. The van der Waals surface area contributed by atoms with E-state index >= 15 is 0 Å². The molecule has 0 saturated heterocycles. The predicted octanol–water partition coefficient (Wildman–Crippen LogP) is 3.07. The molecule has 0 radical (unpaired) electrons. The summed E-state index contributed by atoms with van der Waals surface area (Å²) in [4.78, 5) is 12.7. The van der Waals surface area contributed by atoms with E-state index in [9.17, 15) is 23.1 Å². The summed E-state index contributed by atoms with van der Waals surface area (Å²) in [5.74, 6) is -0.841. The number of hydrogen-bond acceptors (Lipinski definition) is 2. The van der Waals surface area contributed by atoms with Crippen LogP contribution in [0.3, 0.4) is 0 Å². The first-order valence-corrected chi connectivity index (χ1v) is 5.39. The summed E-state index contributed by atoms with van der Waals surface area (Å²) < 4.78 is 36.1. The number of hydrogen-bond donors (Lipinski definition) is 1. The first-order valence-electron chi connectivity index (χ1n) is 5.01. The molecule has 100 valence electrons. The van der Waals surface area contributed by atoms with E-state index in [1.165, 1.54) is 19.2 Å². The molecule has 0 aliphatic carbocycles. The summed E-state index contributed by atoms with van der Waals surface area (Å²) in [5.41, 5.74) is -0.0265. The number of rotatable bonds is 3. The maximum Gasteiger partial charge on any atom is 0.390 e. The van der Waals surface area contributed by atoms with Gasteiger partial charge in [0.2, 0.25) is 0 Å². The first kappa shape index (κ1) is 14.6. The summed E-state index contributed by atoms with van der Waals surface area (Å²) >= 11 is 5.74. The average Bonchev–Trinajstić information content (AvgIpc) is 2.27. The number of aromatic hydroxyl groups is 1. The molecule has 1 aromatic rings. The zero-order chi connectivity index (χ0) is 13.9. The van der Waals surface area contributed by atoms with Crippen LogP contribution in [-0.2, 0) is 0 Å². The normalized spacial score (nSPS) is 11.4. The van der Waals surface area contributed by atoms with Crippen LogP contribution in [0.25, 0.3) is 0 Å². The van der Waals surface area contributed by atoms with Gasteiger partial charge < -0.3 is 10.0 Å². The lowest BCUT2D eigenvalue weighted by Gasteiger charge is -2.18. The van der Waals surface area contributed by atoms with Crippen LogP contribution in [0.5, 0.6) is 5.75 Å². The molecular formula is C11H11ClF3NO2. The molecule has 0 aliphatic rings. The zero-order valence-corrected chi connectivity index (χ0v) is 10.2. The van der Waals surface area contributed by atoms with Gasteiger partial charge in [-0.05, 0) is 18.2 Å². The second kappa shape index (κ2) is 5.48. The van der Waals surface area contributed by atoms with E-state index in [2.05, 4.69) is 0 Å². The Balaban J connectivity index is 2.77. The minimum Gasteiger partial charge on any atom is -0.508 e. The van der Waals surface area contributed by atoms with Crippen LogP contribution in [0.4, 0.5) is 13.2 Å². The Labute approximate surface area is 107 Å². The average molecular weight is 282 g/mol. The van der Waals surface area contributed by atoms with Crippen LogP contribution >= 0.6 is 11.6 Å². The van der Waals surface area contributed by atoms with Crippen molar-refractivity contribution in [1.82, 2.24) is 4.90 Å². The number of nitrogens with zero attached hydrogens (tertiary/aromatic N) is 1. The molecule has 0 unspecified atom stereocenters. The Hall–Kier alpha value is -1.43. The lowest BCUT2D eigenvalue weighted by atomic mass is 10.2. The van der Waals surface area contributed by atoms with E-state index < -0.39 is 25.0 Å². The molecule has 0 aliphatic heterocycles. The molecule has 1 amide bonds. The Bertz CT molecular complexity index is 448. The van der Waals surface area contributed by atoms with Crippen LogP contribution in [0.2, 0.25) is 5.02 Å². The van der Waals surface area contributed by atoms with Gasteiger partial charge in [-0.2, -0.15) is 13.2 Å². The maximum atomic E-state index is 12.0. The summed E-state index contributed by atoms with van der Waals surface area (Å²) in [5, 5.41) is 9.30. The van der Waals surface area contributed by atoms with Crippen molar-refractivity contribution in [1.29, 1.82) is 0 Å². The van der Waals surface area contributed by atoms with E-state index in [0.29, 0.717) is 0 Å². The van der Waals surface area contributed by atoms with Gasteiger partial charge >= 0.3 is 6.18 Å². The number of halogens is 4. The highest BCUT2D eigenvalue weighted by Gasteiger charge is 2.28. The molecule has 0 heterocycles. The summed E-state index contributed by atoms with van der Waals surface area (Å²) in [6.07, 6.45) is -5.41. The van der Waals surface area contributed by atoms with Crippen LogP contribution in [0, 0.1) is 0 Å². The minimum atomic E-state index is -4.32. The summed E-state index contributed by atoms with van der Waals surface area (Å²) in [6.45, 7) is -0.464. The van der Waals surface area contributed by atoms with E-state index in [1.807, 2.05) is 0 Å². The number of carbonyl (C=O) groups excluding carboxylic acids is 1. The highest BCUT2D eigenvalue weighted by molar-refractivity contribution is 6.33. The number of phenolic OH excluding ortho intramolecular Hbond substituents is 1. The molecular weight excluding hydrogens is 271 g/mol. The molecule has 0 atom stereocenters. The van der Waals surface area contributed by atoms with Crippen molar-refractivity contribution in [2.45, 2.75) is 12.6 Å². The van der Waals surface area contributed by atoms with Crippen LogP contribution < -0.4 is 0 Å². The molecule has 0 bridgehead atoms. The number of amides is 1. The predicted molar refractivity (Wildman–Crippen MR) is 60.7 cm³/mol. The van der Waals surface area contributed by atoms with Gasteiger partial charge in [-0.1, -0.05) is 11.6 Å². The Morgan fingerprint density at radius 2 is 2.06 bits per heavy atom. The van der Waals surface area contributed by atoms with Crippen molar-refractivity contribution in [2.24, 2.45) is 0 Å². The highest BCUT2D eigenvalue weighted by atomic mass is 35.5. The fraction of sp³-hybridized carbons (Fsp3) is 0.364. The first-order chi connectivity index (χ1) is 8.20. The number of benzene rings is 1. The van der Waals surface area contributed by atoms with E-state index in [-0.39, 0.29) is 16.3 Å². The smallest absolute Gasteiger partial charge is 0.390 e. The van der Waals surface area contributed by atoms with Gasteiger partial charge in [0.1, 0.15) is 5.75 Å². The summed E-state index contributed by atoms with van der Waals surface area (Å²) in [6, 6.07) is 3.71. The van der Waals surface area contributed by atoms with Gasteiger partial charge in [0.05, 0.1) is 17.0 Å². The largest absolute Gasteiger partial charge is 0.508 e. The Kier molecular flexibility index (Phi) is 4.45. The van der Waals surface area contributed by atoms with Crippen LogP contribution in [-0.4, -0.2) is 35.7 Å². The Morgan fingerprint density at radius 3 is 2.61 bits per heavy atom. The van der Waals surface area contributed by atoms with Gasteiger partial charge in [-0.15, -0.1) is 0 Å². The van der Waals surface area contributed by atoms with Crippen LogP contribution in [0.1, 0.15) is 16.8 Å². The molecule has 1 N–H and O–H groups in total. The monoisotopic (exact) mass is 281 g/mol. The molecule has 0 aromatic heterocycles. The Morgan fingerprint density at radius 1 is 1.44 bits per heavy atom. The molecule has 1 rings (SSSR count). The third-order valence-electron chi connectivity index (χ3n) is 2.26. The second-order valence-electron chi connectivity index (χ2n) is 3.76. The third kappa shape index (κ3) is 4.10. The highest BCUT2D eigenvalue weighted by Crippen LogP contribution is 2.24. The molecule has 1 aromatic carbocycles. The van der Waals surface area contributed by atoms with Crippen LogP contribution in [0.15, 0.2) is 18.2 Å². The molecule has 3 nitrogen and oxygen atoms in total. The lowest BCUT2D eigenvalue weighted by molar-refractivity contribution is -0.136. The lowest BCUT2D eigenvalue weighted by Crippen LogP contribution is -2.30. The van der Waals surface area contributed by atoms with Gasteiger partial charge in [-0.3, -0.25) is 4.79 Å². The van der Waals surface area contributed by atoms with E-state index in [1.54, 1.807) is 0 Å². The molecule has 0 fully saturated rings. The molecule has 0 spiro atoms. The molecule has 7 heteroatoms. The maximum absolute atomic E-state index is 12.0. The standard InChI is InChI=1S/C11H11ClF3NO2/c1-16(5-4-11(13,14)15)10(18)8-6-7(17)2-3-9(8)12/h2-3,6,17H,4-5H2,1H3. The fourth-order valence-corrected chi connectivity index (χ4v) is 1.48. The SMILES string of the molecule is CN(CCC(F)(F)F)C(=O)c1cc(O)ccc1Cl. The van der Waals surface area contributed by atoms with Gasteiger partial charge in [0.25, 0.3) is 5.91 Å². The quantitative estimate of drug-likeness (QED) is 0.925. The van der Waals surface area contributed by atoms with Crippen molar-refractivity contribution >= 4 is 17.5 Å². The van der Waals surface area contributed by atoms with Gasteiger partial charge in [-0.25, -0.2) is 0 Å². The van der Waals surface area contributed by atoms with E-state index in [0.717, 1.165) is 11.0 Å². The van der Waals surface area contributed by atoms with E-state index in [4.69, 9.17) is 11.6 Å². The van der Waals surface area contributed by atoms with Crippen molar-refractivity contribution in [3.63, 3.8) is 0 Å². The number of carbonyl (C=O) groups is 1. The zero-order valence-electron chi connectivity index (χ0n) is 9.46. The second-order valence-corrected chi connectivity index (χ2v) is 4.16. The van der Waals surface area contributed by atoms with Crippen molar-refractivity contribution in [3.8, 4) is 5.75 Å². The fourth-order valence-electron chi connectivity index (χ4n) is 1.28. The molecule has 18 heavy (non-hydrogen) atoms. The van der Waals surface area contributed by atoms with Crippen molar-refractivity contribution in [3.05, 3.63) is 28.8 Å². The van der Waals surface area contributed by atoms with Gasteiger partial charge in [0, 0.05) is 13.6 Å². The number of phenols is 1. The summed E-state index contributed by atoms with van der Waals surface area (Å²) in [7, 11) is 1.24. The topological polar surface area (TPSA) is 40.5 Å². The van der Waals surface area contributed by atoms with Crippen molar-refractivity contribution in [2.75, 3.05) is 13.6 Å². The molecule has 0 saturated carbocycles. The minimum absolute atomic E-state index is 0.0265. The van der Waals surface area contributed by atoms with Crippen molar-refractivity contribution < 1.29 is 23.1 Å².